The molecule has 0 aliphatic heterocycles. The van der Waals surface area contributed by atoms with Crippen LogP contribution in [0.1, 0.15) is 39.5 Å². The quantitative estimate of drug-likeness (QED) is 0.657. The summed E-state index contributed by atoms with van der Waals surface area (Å²) in [6, 6.07) is 10.2. The van der Waals surface area contributed by atoms with Crippen molar-refractivity contribution in [1.29, 1.82) is 0 Å². The molecule has 1 aromatic carbocycles. The lowest BCUT2D eigenvalue weighted by Crippen LogP contribution is -2.43. The largest absolute Gasteiger partial charge is 0.352 e. The monoisotopic (exact) mass is 402 g/mol. The molecule has 4 rings (SSSR count). The highest BCUT2D eigenvalue weighted by molar-refractivity contribution is 8.02. The summed E-state index contributed by atoms with van der Waals surface area (Å²) >= 11 is 2.95. The van der Waals surface area contributed by atoms with Gasteiger partial charge in [-0.15, -0.1) is 10.2 Å². The van der Waals surface area contributed by atoms with Crippen molar-refractivity contribution in [2.24, 2.45) is 17.8 Å². The second kappa shape index (κ2) is 8.19. The maximum absolute atomic E-state index is 12.6. The van der Waals surface area contributed by atoms with E-state index >= 15 is 0 Å². The third-order valence-electron chi connectivity index (χ3n) is 5.88. The van der Waals surface area contributed by atoms with Crippen LogP contribution in [0, 0.1) is 17.8 Å². The number of carbonyl (C=O) groups excluding carboxylic acids is 1. The highest BCUT2D eigenvalue weighted by Gasteiger charge is 2.42. The first-order valence-electron chi connectivity index (χ1n) is 9.71. The lowest BCUT2D eigenvalue weighted by molar-refractivity contribution is -0.121. The van der Waals surface area contributed by atoms with Crippen molar-refractivity contribution in [3.8, 4) is 0 Å². The van der Waals surface area contributed by atoms with Gasteiger partial charge in [0.15, 0.2) is 4.34 Å². The standard InChI is InChI=1S/C20H26N4OS2/c1-12(17-11-14-8-9-15(17)10-14)21-18(25)13(2)26-20-24-23-19(27-20)22-16-6-4-3-5-7-16/h3-7,12-15,17H,8-11H2,1-2H3,(H,21,25)(H,22,23). The molecule has 144 valence electrons. The zero-order valence-corrected chi connectivity index (χ0v) is 17.4. The van der Waals surface area contributed by atoms with Gasteiger partial charge in [0.25, 0.3) is 0 Å². The number of hydrogen-bond donors (Lipinski definition) is 2. The predicted octanol–water partition coefficient (Wildman–Crippen LogP) is 4.70. The number of benzene rings is 1. The number of fused-ring (bicyclic) bond motifs is 2. The van der Waals surface area contributed by atoms with Crippen LogP contribution >= 0.6 is 23.1 Å². The molecule has 1 heterocycles. The number of rotatable bonds is 7. The summed E-state index contributed by atoms with van der Waals surface area (Å²) in [4.78, 5) is 12.6. The molecule has 27 heavy (non-hydrogen) atoms. The smallest absolute Gasteiger partial charge is 0.233 e. The number of amides is 1. The van der Waals surface area contributed by atoms with Crippen molar-refractivity contribution >= 4 is 39.8 Å². The first kappa shape index (κ1) is 18.7. The van der Waals surface area contributed by atoms with E-state index in [1.165, 1.54) is 48.8 Å². The van der Waals surface area contributed by atoms with Crippen LogP contribution in [-0.4, -0.2) is 27.4 Å². The number of thioether (sulfide) groups is 1. The summed E-state index contributed by atoms with van der Waals surface area (Å²) in [7, 11) is 0. The topological polar surface area (TPSA) is 66.9 Å². The summed E-state index contributed by atoms with van der Waals surface area (Å²) in [5.74, 6) is 2.49. The van der Waals surface area contributed by atoms with Crippen LogP contribution in [0.3, 0.4) is 0 Å². The summed E-state index contributed by atoms with van der Waals surface area (Å²) in [5, 5.41) is 15.5. The van der Waals surface area contributed by atoms with Crippen LogP contribution in [0.4, 0.5) is 10.8 Å². The van der Waals surface area contributed by atoms with Crippen molar-refractivity contribution in [2.45, 2.75) is 55.2 Å². The average molecular weight is 403 g/mol. The summed E-state index contributed by atoms with van der Waals surface area (Å²) < 4.78 is 0.809. The Balaban J connectivity index is 1.28. The van der Waals surface area contributed by atoms with Crippen molar-refractivity contribution < 1.29 is 4.79 Å². The van der Waals surface area contributed by atoms with Crippen molar-refractivity contribution in [2.75, 3.05) is 5.32 Å². The Morgan fingerprint density at radius 2 is 2.00 bits per heavy atom. The Bertz CT molecular complexity index is 781. The molecule has 1 amide bonds. The fourth-order valence-corrected chi connectivity index (χ4v) is 6.44. The molecule has 5 atom stereocenters. The van der Waals surface area contributed by atoms with Crippen LogP contribution in [0.2, 0.25) is 0 Å². The molecule has 2 fully saturated rings. The number of para-hydroxylation sites is 1. The molecule has 2 saturated carbocycles. The lowest BCUT2D eigenvalue weighted by atomic mass is 9.84. The van der Waals surface area contributed by atoms with Gasteiger partial charge in [-0.1, -0.05) is 47.7 Å². The third kappa shape index (κ3) is 4.46. The van der Waals surface area contributed by atoms with E-state index < -0.39 is 0 Å². The number of carbonyl (C=O) groups is 1. The maximum Gasteiger partial charge on any atom is 0.233 e. The highest BCUT2D eigenvalue weighted by Crippen LogP contribution is 2.49. The normalized spacial score (nSPS) is 25.9. The van der Waals surface area contributed by atoms with Crippen LogP contribution < -0.4 is 10.6 Å². The van der Waals surface area contributed by atoms with Crippen molar-refractivity contribution in [1.82, 2.24) is 15.5 Å². The first-order valence-corrected chi connectivity index (χ1v) is 11.4. The van der Waals surface area contributed by atoms with E-state index in [-0.39, 0.29) is 17.2 Å². The van der Waals surface area contributed by atoms with Gasteiger partial charge in [-0.25, -0.2) is 0 Å². The molecular formula is C20H26N4OS2. The Labute approximate surface area is 168 Å². The maximum atomic E-state index is 12.6. The number of aromatic nitrogens is 2. The number of nitrogens with one attached hydrogen (secondary N) is 2. The zero-order valence-electron chi connectivity index (χ0n) is 15.7. The third-order valence-corrected chi connectivity index (χ3v) is 7.91. The van der Waals surface area contributed by atoms with Crippen molar-refractivity contribution in [3.05, 3.63) is 30.3 Å². The summed E-state index contributed by atoms with van der Waals surface area (Å²) in [6.07, 6.45) is 5.40. The van der Waals surface area contributed by atoms with E-state index in [0.29, 0.717) is 5.92 Å². The molecule has 2 aliphatic rings. The van der Waals surface area contributed by atoms with E-state index in [4.69, 9.17) is 0 Å². The number of hydrogen-bond acceptors (Lipinski definition) is 6. The number of nitrogens with zero attached hydrogens (tertiary/aromatic N) is 2. The lowest BCUT2D eigenvalue weighted by Gasteiger charge is -2.29. The average Bonchev–Trinajstić information content (AvgIpc) is 3.40. The second-order valence-electron chi connectivity index (χ2n) is 7.76. The Morgan fingerprint density at radius 3 is 2.70 bits per heavy atom. The molecule has 2 N–H and O–H groups in total. The Morgan fingerprint density at radius 1 is 1.19 bits per heavy atom. The van der Waals surface area contributed by atoms with Gasteiger partial charge >= 0.3 is 0 Å². The summed E-state index contributed by atoms with van der Waals surface area (Å²) in [6.45, 7) is 4.12. The second-order valence-corrected chi connectivity index (χ2v) is 10.3. The highest BCUT2D eigenvalue weighted by atomic mass is 32.2. The van der Waals surface area contributed by atoms with Crippen LogP contribution in [-0.2, 0) is 4.79 Å². The molecule has 2 aliphatic carbocycles. The molecular weight excluding hydrogens is 376 g/mol. The fraction of sp³-hybridized carbons (Fsp3) is 0.550. The van der Waals surface area contributed by atoms with Gasteiger partial charge in [-0.3, -0.25) is 4.79 Å². The molecule has 5 nitrogen and oxygen atoms in total. The van der Waals surface area contributed by atoms with Crippen LogP contribution in [0.25, 0.3) is 0 Å². The van der Waals surface area contributed by atoms with Gasteiger partial charge in [-0.2, -0.15) is 0 Å². The fourth-order valence-electron chi connectivity index (χ4n) is 4.51. The van der Waals surface area contributed by atoms with Crippen LogP contribution in [0.15, 0.2) is 34.7 Å². The van der Waals surface area contributed by atoms with Gasteiger partial charge < -0.3 is 10.6 Å². The van der Waals surface area contributed by atoms with Gasteiger partial charge in [0, 0.05) is 11.7 Å². The molecule has 2 bridgehead atoms. The van der Waals surface area contributed by atoms with Gasteiger partial charge in [-0.05, 0) is 63.0 Å². The van der Waals surface area contributed by atoms with Gasteiger partial charge in [0.1, 0.15) is 0 Å². The van der Waals surface area contributed by atoms with Gasteiger partial charge in [0.05, 0.1) is 5.25 Å². The van der Waals surface area contributed by atoms with Gasteiger partial charge in [0.2, 0.25) is 11.0 Å². The first-order chi connectivity index (χ1) is 13.1. The summed E-state index contributed by atoms with van der Waals surface area (Å²) in [5.41, 5.74) is 0.982. The van der Waals surface area contributed by atoms with E-state index in [2.05, 4.69) is 27.8 Å². The minimum atomic E-state index is -0.177. The SMILES string of the molecule is CC(Sc1nnc(Nc2ccccc2)s1)C(=O)NC(C)C1CC2CCC1C2. The number of anilines is 2. The molecule has 2 aromatic rings. The minimum Gasteiger partial charge on any atom is -0.352 e. The molecule has 7 heteroatoms. The van der Waals surface area contributed by atoms with Crippen LogP contribution in [0.5, 0.6) is 0 Å². The molecule has 0 radical (unpaired) electrons. The van der Waals surface area contributed by atoms with Crippen molar-refractivity contribution in [3.63, 3.8) is 0 Å². The minimum absolute atomic E-state index is 0.100. The predicted molar refractivity (Wildman–Crippen MR) is 111 cm³/mol. The molecule has 0 saturated heterocycles. The Hall–Kier alpha value is -1.60. The molecule has 5 unspecified atom stereocenters. The van der Waals surface area contributed by atoms with E-state index in [1.54, 1.807) is 0 Å². The van der Waals surface area contributed by atoms with E-state index in [0.717, 1.165) is 27.0 Å². The molecule has 1 aromatic heterocycles. The Kier molecular flexibility index (Phi) is 5.68. The zero-order chi connectivity index (χ0) is 18.8. The van der Waals surface area contributed by atoms with E-state index in [9.17, 15) is 4.79 Å². The van der Waals surface area contributed by atoms with E-state index in [1.807, 2.05) is 37.3 Å². The molecule has 0 spiro atoms.